The van der Waals surface area contributed by atoms with Gasteiger partial charge in [0.1, 0.15) is 5.82 Å². The van der Waals surface area contributed by atoms with E-state index in [1.807, 2.05) is 0 Å². The maximum Gasteiger partial charge on any atom is 0.315 e. The van der Waals surface area contributed by atoms with Crippen molar-refractivity contribution in [1.82, 2.24) is 25.4 Å². The second kappa shape index (κ2) is 8.29. The number of aryl methyl sites for hydroxylation is 1. The molecule has 7 nitrogen and oxygen atoms in total. The lowest BCUT2D eigenvalue weighted by molar-refractivity contribution is 0.163. The standard InChI is InChI=1S/C16H29N5O2/c1-3-16(4-2,8-10-22)12-18-15(23)17-11-14-20-19-13-7-5-6-9-21(13)14/h22H,3-12H2,1-2H3,(H2,17,18,23). The molecule has 7 heteroatoms. The van der Waals surface area contributed by atoms with E-state index in [2.05, 4.69) is 39.2 Å². The van der Waals surface area contributed by atoms with Gasteiger partial charge in [-0.15, -0.1) is 10.2 Å². The number of fused-ring (bicyclic) bond motifs is 1. The zero-order valence-corrected chi connectivity index (χ0v) is 14.3. The minimum atomic E-state index is -0.192. The molecule has 0 saturated carbocycles. The van der Waals surface area contributed by atoms with Crippen LogP contribution in [0, 0.1) is 5.41 Å². The molecule has 0 saturated heterocycles. The van der Waals surface area contributed by atoms with Gasteiger partial charge in [0.05, 0.1) is 6.54 Å². The van der Waals surface area contributed by atoms with Crippen LogP contribution in [-0.4, -0.2) is 39.1 Å². The fourth-order valence-electron chi connectivity index (χ4n) is 3.17. The number of nitrogens with zero attached hydrogens (tertiary/aromatic N) is 3. The van der Waals surface area contributed by atoms with Gasteiger partial charge in [0.2, 0.25) is 0 Å². The van der Waals surface area contributed by atoms with Gasteiger partial charge in [0.25, 0.3) is 0 Å². The number of urea groups is 1. The van der Waals surface area contributed by atoms with E-state index in [9.17, 15) is 9.90 Å². The van der Waals surface area contributed by atoms with Gasteiger partial charge in [-0.05, 0) is 37.5 Å². The van der Waals surface area contributed by atoms with E-state index in [1.165, 1.54) is 0 Å². The molecule has 1 aliphatic heterocycles. The van der Waals surface area contributed by atoms with Crippen molar-refractivity contribution in [2.75, 3.05) is 13.2 Å². The quantitative estimate of drug-likeness (QED) is 0.677. The topological polar surface area (TPSA) is 92.1 Å². The molecule has 1 aromatic heterocycles. The van der Waals surface area contributed by atoms with Gasteiger partial charge in [-0.1, -0.05) is 13.8 Å². The van der Waals surface area contributed by atoms with E-state index in [1.54, 1.807) is 0 Å². The number of hydrogen-bond acceptors (Lipinski definition) is 4. The number of aliphatic hydroxyl groups excluding tert-OH is 1. The Morgan fingerprint density at radius 3 is 2.74 bits per heavy atom. The van der Waals surface area contributed by atoms with Gasteiger partial charge in [-0.2, -0.15) is 0 Å². The summed E-state index contributed by atoms with van der Waals surface area (Å²) >= 11 is 0. The van der Waals surface area contributed by atoms with Crippen molar-refractivity contribution in [1.29, 1.82) is 0 Å². The summed E-state index contributed by atoms with van der Waals surface area (Å²) in [5.74, 6) is 1.84. The maximum absolute atomic E-state index is 12.0. The summed E-state index contributed by atoms with van der Waals surface area (Å²) < 4.78 is 2.11. The van der Waals surface area contributed by atoms with Crippen LogP contribution in [-0.2, 0) is 19.5 Å². The highest BCUT2D eigenvalue weighted by Crippen LogP contribution is 2.29. The third-order valence-corrected chi connectivity index (χ3v) is 5.11. The van der Waals surface area contributed by atoms with Crippen molar-refractivity contribution in [3.8, 4) is 0 Å². The maximum atomic E-state index is 12.0. The smallest absolute Gasteiger partial charge is 0.315 e. The lowest BCUT2D eigenvalue weighted by Gasteiger charge is -2.31. The predicted molar refractivity (Wildman–Crippen MR) is 87.9 cm³/mol. The molecule has 1 aromatic rings. The zero-order chi connectivity index (χ0) is 16.7. The molecule has 0 spiro atoms. The van der Waals surface area contributed by atoms with Crippen LogP contribution in [0.25, 0.3) is 0 Å². The first-order chi connectivity index (χ1) is 11.1. The minimum Gasteiger partial charge on any atom is -0.396 e. The van der Waals surface area contributed by atoms with Gasteiger partial charge in [-0.3, -0.25) is 0 Å². The SMILES string of the molecule is CCC(CC)(CCO)CNC(=O)NCc1nnc2n1CCCC2. The molecule has 2 heterocycles. The van der Waals surface area contributed by atoms with Crippen LogP contribution in [0.2, 0.25) is 0 Å². The second-order valence-corrected chi connectivity index (χ2v) is 6.36. The van der Waals surface area contributed by atoms with Crippen LogP contribution >= 0.6 is 0 Å². The Morgan fingerprint density at radius 2 is 2.04 bits per heavy atom. The Bertz CT molecular complexity index is 511. The molecule has 2 amide bonds. The molecule has 0 aromatic carbocycles. The van der Waals surface area contributed by atoms with Crippen LogP contribution in [0.15, 0.2) is 0 Å². The highest BCUT2D eigenvalue weighted by molar-refractivity contribution is 5.73. The molecule has 23 heavy (non-hydrogen) atoms. The van der Waals surface area contributed by atoms with Gasteiger partial charge >= 0.3 is 6.03 Å². The van der Waals surface area contributed by atoms with E-state index in [-0.39, 0.29) is 18.1 Å². The van der Waals surface area contributed by atoms with Crippen molar-refractivity contribution in [3.05, 3.63) is 11.6 Å². The van der Waals surface area contributed by atoms with Crippen LogP contribution in [0.3, 0.4) is 0 Å². The summed E-state index contributed by atoms with van der Waals surface area (Å²) in [6, 6.07) is -0.192. The Morgan fingerprint density at radius 1 is 1.26 bits per heavy atom. The van der Waals surface area contributed by atoms with E-state index in [0.717, 1.165) is 50.3 Å². The van der Waals surface area contributed by atoms with Crippen molar-refractivity contribution in [3.63, 3.8) is 0 Å². The summed E-state index contributed by atoms with van der Waals surface area (Å²) in [5.41, 5.74) is -0.0277. The number of aromatic nitrogens is 3. The number of amides is 2. The molecule has 3 N–H and O–H groups in total. The van der Waals surface area contributed by atoms with Crippen LogP contribution in [0.1, 0.15) is 57.6 Å². The number of rotatable bonds is 8. The summed E-state index contributed by atoms with van der Waals surface area (Å²) in [5, 5.41) is 23.4. The third-order valence-electron chi connectivity index (χ3n) is 5.11. The third kappa shape index (κ3) is 4.43. The monoisotopic (exact) mass is 323 g/mol. The summed E-state index contributed by atoms with van der Waals surface area (Å²) in [6.07, 6.45) is 5.84. The van der Waals surface area contributed by atoms with Crippen LogP contribution < -0.4 is 10.6 Å². The van der Waals surface area contributed by atoms with E-state index < -0.39 is 0 Å². The summed E-state index contributed by atoms with van der Waals surface area (Å²) in [7, 11) is 0. The lowest BCUT2D eigenvalue weighted by Crippen LogP contribution is -2.42. The average molecular weight is 323 g/mol. The molecule has 1 aliphatic rings. The Hall–Kier alpha value is -1.63. The molecule has 0 atom stereocenters. The number of carbonyl (C=O) groups excluding carboxylic acids is 1. The molecule has 0 radical (unpaired) electrons. The van der Waals surface area contributed by atoms with Crippen molar-refractivity contribution in [2.24, 2.45) is 5.41 Å². The van der Waals surface area contributed by atoms with Gasteiger partial charge in [-0.25, -0.2) is 4.79 Å². The fourth-order valence-corrected chi connectivity index (χ4v) is 3.17. The van der Waals surface area contributed by atoms with Crippen molar-refractivity contribution >= 4 is 6.03 Å². The van der Waals surface area contributed by atoms with Crippen molar-refractivity contribution in [2.45, 2.75) is 65.5 Å². The Balaban J connectivity index is 1.82. The normalized spacial score (nSPS) is 14.4. The molecule has 0 bridgehead atoms. The van der Waals surface area contributed by atoms with Gasteiger partial charge < -0.3 is 20.3 Å². The Labute approximate surface area is 137 Å². The first kappa shape index (κ1) is 17.7. The average Bonchev–Trinajstić information content (AvgIpc) is 3.00. The minimum absolute atomic E-state index is 0.0277. The number of nitrogens with one attached hydrogen (secondary N) is 2. The van der Waals surface area contributed by atoms with Crippen LogP contribution in [0.5, 0.6) is 0 Å². The highest BCUT2D eigenvalue weighted by Gasteiger charge is 2.26. The summed E-state index contributed by atoms with van der Waals surface area (Å²) in [4.78, 5) is 12.0. The van der Waals surface area contributed by atoms with Gasteiger partial charge in [0.15, 0.2) is 5.82 Å². The predicted octanol–water partition coefficient (Wildman–Crippen LogP) is 1.60. The largest absolute Gasteiger partial charge is 0.396 e. The van der Waals surface area contributed by atoms with E-state index in [4.69, 9.17) is 0 Å². The highest BCUT2D eigenvalue weighted by atomic mass is 16.3. The second-order valence-electron chi connectivity index (χ2n) is 6.36. The first-order valence-electron chi connectivity index (χ1n) is 8.67. The number of carbonyl (C=O) groups is 1. The molecule has 0 unspecified atom stereocenters. The lowest BCUT2D eigenvalue weighted by atomic mass is 9.79. The number of hydrogen-bond donors (Lipinski definition) is 3. The fraction of sp³-hybridized carbons (Fsp3) is 0.812. The van der Waals surface area contributed by atoms with Crippen LogP contribution in [0.4, 0.5) is 4.79 Å². The molecule has 130 valence electrons. The Kier molecular flexibility index (Phi) is 6.38. The molecule has 0 aliphatic carbocycles. The van der Waals surface area contributed by atoms with Crippen molar-refractivity contribution < 1.29 is 9.90 Å². The summed E-state index contributed by atoms with van der Waals surface area (Å²) in [6.45, 7) is 6.25. The van der Waals surface area contributed by atoms with E-state index >= 15 is 0 Å². The molecule has 0 fully saturated rings. The zero-order valence-electron chi connectivity index (χ0n) is 14.3. The van der Waals surface area contributed by atoms with E-state index in [0.29, 0.717) is 19.5 Å². The first-order valence-corrected chi connectivity index (χ1v) is 8.67. The number of aliphatic hydroxyl groups is 1. The molecular weight excluding hydrogens is 294 g/mol. The van der Waals surface area contributed by atoms with Gasteiger partial charge in [0, 0.05) is 26.1 Å². The molecular formula is C16H29N5O2. The molecule has 2 rings (SSSR count).